The summed E-state index contributed by atoms with van der Waals surface area (Å²) >= 11 is 13.7. The van der Waals surface area contributed by atoms with E-state index in [1.165, 1.54) is 0 Å². The highest BCUT2D eigenvalue weighted by Crippen LogP contribution is 2.18. The van der Waals surface area contributed by atoms with Gasteiger partial charge in [-0.1, -0.05) is 6.07 Å². The van der Waals surface area contributed by atoms with Gasteiger partial charge in [0.05, 0.1) is 34.3 Å². The monoisotopic (exact) mass is 305 g/mol. The van der Waals surface area contributed by atoms with Gasteiger partial charge in [-0.25, -0.2) is 9.98 Å². The van der Waals surface area contributed by atoms with Crippen molar-refractivity contribution in [2.75, 3.05) is 13.1 Å². The second-order valence-corrected chi connectivity index (χ2v) is 4.20. The second kappa shape index (κ2) is 9.54. The number of nitrogens with zero attached hydrogens (tertiary/aromatic N) is 3. The molecule has 0 atom stereocenters. The fourth-order valence-corrected chi connectivity index (χ4v) is 1.90. The van der Waals surface area contributed by atoms with Gasteiger partial charge < -0.3 is 0 Å². The number of hydrogen-bond acceptors (Lipinski definition) is 6. The molecule has 1 aromatic rings. The topological polar surface area (TPSA) is 37.1 Å². The molecule has 0 saturated carbocycles. The lowest BCUT2D eigenvalue weighted by Crippen LogP contribution is -1.94. The Hall–Kier alpha value is -1.38. The molecular formula is C13H11N3S3. The molecule has 0 unspecified atom stereocenters. The highest BCUT2D eigenvalue weighted by Gasteiger charge is 2.01. The SMILES string of the molecule is S=C=NCCc1cc(CCN=C=S)cc(N=C=S)c1. The van der Waals surface area contributed by atoms with Crippen LogP contribution in [0.3, 0.4) is 0 Å². The van der Waals surface area contributed by atoms with Crippen molar-refractivity contribution >= 4 is 57.8 Å². The van der Waals surface area contributed by atoms with Crippen molar-refractivity contribution in [1.29, 1.82) is 0 Å². The Morgan fingerprint density at radius 1 is 0.789 bits per heavy atom. The molecule has 0 N–H and O–H groups in total. The first-order valence-corrected chi connectivity index (χ1v) is 6.80. The van der Waals surface area contributed by atoms with Gasteiger partial charge in [0.1, 0.15) is 0 Å². The van der Waals surface area contributed by atoms with E-state index < -0.39 is 0 Å². The zero-order valence-electron chi connectivity index (χ0n) is 10.1. The molecule has 96 valence electrons. The second-order valence-electron chi connectivity index (χ2n) is 3.66. The summed E-state index contributed by atoms with van der Waals surface area (Å²) in [4.78, 5) is 11.8. The Morgan fingerprint density at radius 2 is 1.32 bits per heavy atom. The third-order valence-electron chi connectivity index (χ3n) is 2.37. The van der Waals surface area contributed by atoms with Crippen molar-refractivity contribution in [3.8, 4) is 0 Å². The van der Waals surface area contributed by atoms with E-state index in [9.17, 15) is 0 Å². The van der Waals surface area contributed by atoms with Gasteiger partial charge in [-0.2, -0.15) is 4.99 Å². The van der Waals surface area contributed by atoms with Crippen molar-refractivity contribution in [1.82, 2.24) is 0 Å². The van der Waals surface area contributed by atoms with Crippen LogP contribution >= 0.6 is 36.7 Å². The maximum absolute atomic E-state index is 4.63. The summed E-state index contributed by atoms with van der Waals surface area (Å²) in [6, 6.07) is 6.02. The molecule has 1 aromatic carbocycles. The summed E-state index contributed by atoms with van der Waals surface area (Å²) in [6.45, 7) is 1.23. The Kier molecular flexibility index (Phi) is 7.87. The molecule has 0 spiro atoms. The fraction of sp³-hybridized carbons (Fsp3) is 0.308. The highest BCUT2D eigenvalue weighted by molar-refractivity contribution is 7.78. The zero-order chi connectivity index (χ0) is 13.9. The van der Waals surface area contributed by atoms with E-state index in [0.717, 1.165) is 29.7 Å². The molecule has 0 aromatic heterocycles. The van der Waals surface area contributed by atoms with Gasteiger partial charge in [0, 0.05) is 0 Å². The van der Waals surface area contributed by atoms with Crippen LogP contribution in [0.25, 0.3) is 0 Å². The molecule has 3 nitrogen and oxygen atoms in total. The molecule has 0 fully saturated rings. The number of thiocarbonyl (C=S) groups is 3. The summed E-state index contributed by atoms with van der Waals surface area (Å²) in [5.74, 6) is 0. The van der Waals surface area contributed by atoms with Crippen molar-refractivity contribution in [2.45, 2.75) is 12.8 Å². The number of benzene rings is 1. The van der Waals surface area contributed by atoms with E-state index >= 15 is 0 Å². The van der Waals surface area contributed by atoms with Crippen LogP contribution in [0.1, 0.15) is 11.1 Å². The molecule has 0 saturated heterocycles. The zero-order valence-corrected chi connectivity index (χ0v) is 12.6. The molecule has 6 heteroatoms. The molecule has 0 aliphatic heterocycles. The molecule has 19 heavy (non-hydrogen) atoms. The molecular weight excluding hydrogens is 294 g/mol. The number of hydrogen-bond donors (Lipinski definition) is 0. The first-order chi connectivity index (χ1) is 9.30. The Bertz CT molecular complexity index is 539. The predicted octanol–water partition coefficient (Wildman–Crippen LogP) is 3.71. The molecule has 0 heterocycles. The van der Waals surface area contributed by atoms with E-state index in [1.807, 2.05) is 12.1 Å². The highest BCUT2D eigenvalue weighted by atomic mass is 32.1. The van der Waals surface area contributed by atoms with Gasteiger partial charge >= 0.3 is 0 Å². The summed E-state index contributed by atoms with van der Waals surface area (Å²) < 4.78 is 0. The fourth-order valence-electron chi connectivity index (χ4n) is 1.61. The van der Waals surface area contributed by atoms with Crippen LogP contribution in [-0.4, -0.2) is 28.6 Å². The van der Waals surface area contributed by atoms with Crippen LogP contribution in [0, 0.1) is 0 Å². The quantitative estimate of drug-likeness (QED) is 0.569. The van der Waals surface area contributed by atoms with Crippen molar-refractivity contribution < 1.29 is 0 Å². The Balaban J connectivity index is 2.91. The third kappa shape index (κ3) is 6.37. The standard InChI is InChI=1S/C13H11N3S3/c17-8-14-3-1-11-5-12(2-4-15-9-18)7-13(6-11)16-10-19/h5-7H,1-4H2. The summed E-state index contributed by atoms with van der Waals surface area (Å²) in [5.41, 5.74) is 3.05. The lowest BCUT2D eigenvalue weighted by atomic mass is 10.0. The lowest BCUT2D eigenvalue weighted by molar-refractivity contribution is 0.947. The maximum Gasteiger partial charge on any atom is 0.0745 e. The van der Waals surface area contributed by atoms with Gasteiger partial charge in [-0.15, -0.1) is 0 Å². The smallest absolute Gasteiger partial charge is 0.0745 e. The van der Waals surface area contributed by atoms with E-state index in [4.69, 9.17) is 0 Å². The minimum atomic E-state index is 0.617. The minimum Gasteiger partial charge on any atom is -0.232 e. The first-order valence-electron chi connectivity index (χ1n) is 5.58. The van der Waals surface area contributed by atoms with Crippen molar-refractivity contribution in [3.63, 3.8) is 0 Å². The van der Waals surface area contributed by atoms with Gasteiger partial charge in [-0.3, -0.25) is 0 Å². The van der Waals surface area contributed by atoms with Crippen LogP contribution in [-0.2, 0) is 12.8 Å². The maximum atomic E-state index is 4.63. The molecule has 0 aliphatic carbocycles. The summed E-state index contributed by atoms with van der Waals surface area (Å²) in [7, 11) is 0. The number of isothiocyanates is 3. The number of rotatable bonds is 7. The predicted molar refractivity (Wildman–Crippen MR) is 88.3 cm³/mol. The molecule has 0 radical (unpaired) electrons. The summed E-state index contributed by atoms with van der Waals surface area (Å²) in [5, 5.41) is 7.09. The number of aliphatic imine (C=N–C) groups is 3. The van der Waals surface area contributed by atoms with Crippen LogP contribution in [0.2, 0.25) is 0 Å². The van der Waals surface area contributed by atoms with Gasteiger partial charge in [0.15, 0.2) is 0 Å². The van der Waals surface area contributed by atoms with Gasteiger partial charge in [0.2, 0.25) is 0 Å². The van der Waals surface area contributed by atoms with Crippen molar-refractivity contribution in [2.24, 2.45) is 15.0 Å². The first kappa shape index (κ1) is 15.7. The Morgan fingerprint density at radius 3 is 1.74 bits per heavy atom. The van der Waals surface area contributed by atoms with Crippen LogP contribution in [0.15, 0.2) is 33.2 Å². The van der Waals surface area contributed by atoms with Crippen LogP contribution in [0.4, 0.5) is 5.69 Å². The molecule has 0 aliphatic rings. The van der Waals surface area contributed by atoms with Crippen LogP contribution in [0.5, 0.6) is 0 Å². The summed E-state index contributed by atoms with van der Waals surface area (Å²) in [6.07, 6.45) is 1.57. The largest absolute Gasteiger partial charge is 0.232 e. The minimum absolute atomic E-state index is 0.617. The Labute approximate surface area is 128 Å². The molecule has 0 amide bonds. The van der Waals surface area contributed by atoms with Crippen molar-refractivity contribution in [3.05, 3.63) is 29.3 Å². The molecule has 1 rings (SSSR count). The van der Waals surface area contributed by atoms with E-state index in [0.29, 0.717) is 13.1 Å². The van der Waals surface area contributed by atoms with E-state index in [2.05, 4.69) is 73.2 Å². The normalized spacial score (nSPS) is 8.84. The van der Waals surface area contributed by atoms with Gasteiger partial charge in [0.25, 0.3) is 0 Å². The average Bonchev–Trinajstić information content (AvgIpc) is 2.40. The van der Waals surface area contributed by atoms with E-state index in [1.54, 1.807) is 0 Å². The molecule has 0 bridgehead atoms. The van der Waals surface area contributed by atoms with E-state index in [-0.39, 0.29) is 0 Å². The van der Waals surface area contributed by atoms with Gasteiger partial charge in [-0.05, 0) is 72.8 Å². The third-order valence-corrected chi connectivity index (χ3v) is 2.72. The van der Waals surface area contributed by atoms with Crippen LogP contribution < -0.4 is 0 Å². The average molecular weight is 305 g/mol. The lowest BCUT2D eigenvalue weighted by Gasteiger charge is -2.05.